The van der Waals surface area contributed by atoms with Gasteiger partial charge in [0.15, 0.2) is 0 Å². The van der Waals surface area contributed by atoms with Gasteiger partial charge in [-0.15, -0.1) is 0 Å². The highest BCUT2D eigenvalue weighted by Crippen LogP contribution is 2.45. The van der Waals surface area contributed by atoms with E-state index in [0.717, 1.165) is 21.9 Å². The van der Waals surface area contributed by atoms with Gasteiger partial charge in [-0.1, -0.05) is 121 Å². The fourth-order valence-electron chi connectivity index (χ4n) is 6.10. The van der Waals surface area contributed by atoms with Crippen LogP contribution in [-0.4, -0.2) is 0 Å². The molecule has 0 saturated carbocycles. The molecule has 0 aliphatic carbocycles. The Morgan fingerprint density at radius 1 is 0.282 bits per heavy atom. The van der Waals surface area contributed by atoms with E-state index >= 15 is 0 Å². The number of para-hydroxylation sites is 1. The summed E-state index contributed by atoms with van der Waals surface area (Å²) in [7, 11) is 0. The minimum absolute atomic E-state index is 0.920. The van der Waals surface area contributed by atoms with Gasteiger partial charge in [0.1, 0.15) is 11.2 Å². The van der Waals surface area contributed by atoms with Crippen LogP contribution in [0.1, 0.15) is 0 Å². The zero-order chi connectivity index (χ0) is 25.8. The predicted octanol–water partition coefficient (Wildman–Crippen LogP) is 10.9. The molecule has 1 heterocycles. The lowest BCUT2D eigenvalue weighted by Crippen LogP contribution is -1.91. The minimum Gasteiger partial charge on any atom is -0.456 e. The highest BCUT2D eigenvalue weighted by Gasteiger charge is 2.17. The molecule has 0 spiro atoms. The molecule has 39 heavy (non-hydrogen) atoms. The maximum Gasteiger partial charge on any atom is 0.135 e. The van der Waals surface area contributed by atoms with E-state index in [1.54, 1.807) is 0 Å². The summed E-state index contributed by atoms with van der Waals surface area (Å²) in [6.45, 7) is 0. The lowest BCUT2D eigenvalue weighted by atomic mass is 9.85. The van der Waals surface area contributed by atoms with Gasteiger partial charge in [0.05, 0.1) is 0 Å². The smallest absolute Gasteiger partial charge is 0.135 e. The molecule has 0 saturated heterocycles. The maximum atomic E-state index is 6.10. The Morgan fingerprint density at radius 2 is 0.744 bits per heavy atom. The Labute approximate surface area is 226 Å². The van der Waals surface area contributed by atoms with E-state index in [-0.39, 0.29) is 0 Å². The topological polar surface area (TPSA) is 13.1 Å². The van der Waals surface area contributed by atoms with Gasteiger partial charge in [0.2, 0.25) is 0 Å². The van der Waals surface area contributed by atoms with Crippen molar-refractivity contribution in [2.45, 2.75) is 0 Å². The molecule has 8 rings (SSSR count). The summed E-state index contributed by atoms with van der Waals surface area (Å²) in [5, 5.41) is 7.36. The first kappa shape index (κ1) is 21.9. The van der Waals surface area contributed by atoms with Crippen LogP contribution in [0, 0.1) is 0 Å². The third-order valence-electron chi connectivity index (χ3n) is 7.86. The molecule has 0 radical (unpaired) electrons. The normalized spacial score (nSPS) is 11.6. The molecule has 0 atom stereocenters. The number of furan rings is 1. The van der Waals surface area contributed by atoms with Gasteiger partial charge in [-0.3, -0.25) is 0 Å². The van der Waals surface area contributed by atoms with Crippen molar-refractivity contribution in [3.05, 3.63) is 146 Å². The quantitative estimate of drug-likeness (QED) is 0.222. The molecule has 7 aromatic carbocycles. The first-order valence-electron chi connectivity index (χ1n) is 13.4. The van der Waals surface area contributed by atoms with E-state index in [9.17, 15) is 0 Å². The van der Waals surface area contributed by atoms with Crippen LogP contribution in [-0.2, 0) is 0 Å². The summed E-state index contributed by atoms with van der Waals surface area (Å²) in [5.41, 5.74) is 9.24. The van der Waals surface area contributed by atoms with Gasteiger partial charge in [0.25, 0.3) is 0 Å². The van der Waals surface area contributed by atoms with Crippen molar-refractivity contribution in [1.29, 1.82) is 0 Å². The van der Waals surface area contributed by atoms with E-state index in [4.69, 9.17) is 4.42 Å². The van der Waals surface area contributed by atoms with Crippen LogP contribution < -0.4 is 0 Å². The van der Waals surface area contributed by atoms with Crippen LogP contribution in [0.4, 0.5) is 0 Å². The molecule has 182 valence electrons. The van der Waals surface area contributed by atoms with Crippen molar-refractivity contribution in [3.63, 3.8) is 0 Å². The average molecular weight is 497 g/mol. The van der Waals surface area contributed by atoms with E-state index in [1.165, 1.54) is 54.9 Å². The first-order chi connectivity index (χ1) is 19.3. The lowest BCUT2D eigenvalue weighted by Gasteiger charge is -2.18. The van der Waals surface area contributed by atoms with Crippen LogP contribution in [0.25, 0.3) is 76.9 Å². The van der Waals surface area contributed by atoms with Gasteiger partial charge < -0.3 is 4.42 Å². The zero-order valence-electron chi connectivity index (χ0n) is 21.3. The number of hydrogen-bond acceptors (Lipinski definition) is 1. The number of hydrogen-bond donors (Lipinski definition) is 0. The molecule has 0 aliphatic heterocycles. The lowest BCUT2D eigenvalue weighted by molar-refractivity contribution is 0.669. The molecule has 0 bridgehead atoms. The van der Waals surface area contributed by atoms with E-state index in [2.05, 4.69) is 133 Å². The molecule has 0 unspecified atom stereocenters. The standard InChI is InChI=1S/C38H24O/c1-3-11-25(12-4-1)37-30-16-7-8-17-31(30)38(26-13-5-2-6-14-26)34-24-27(19-21-32(34)37)28-20-22-36-33(23-28)29-15-9-10-18-35(29)39-36/h1-24H. The van der Waals surface area contributed by atoms with Gasteiger partial charge in [0, 0.05) is 10.8 Å². The second kappa shape index (κ2) is 8.72. The van der Waals surface area contributed by atoms with E-state index in [0.29, 0.717) is 0 Å². The molecule has 1 heteroatoms. The highest BCUT2D eigenvalue weighted by atomic mass is 16.3. The van der Waals surface area contributed by atoms with Crippen molar-refractivity contribution >= 4 is 43.5 Å². The molecule has 0 aliphatic rings. The summed E-state index contributed by atoms with van der Waals surface area (Å²) < 4.78 is 6.10. The second-order valence-electron chi connectivity index (χ2n) is 10.1. The summed E-state index contributed by atoms with van der Waals surface area (Å²) in [4.78, 5) is 0. The van der Waals surface area contributed by atoms with Crippen molar-refractivity contribution in [2.75, 3.05) is 0 Å². The molecule has 1 aromatic heterocycles. The molecule has 8 aromatic rings. The molecule has 0 N–H and O–H groups in total. The summed E-state index contributed by atoms with van der Waals surface area (Å²) in [6, 6.07) is 52.1. The van der Waals surface area contributed by atoms with Gasteiger partial charge >= 0.3 is 0 Å². The van der Waals surface area contributed by atoms with Crippen LogP contribution in [0.5, 0.6) is 0 Å². The van der Waals surface area contributed by atoms with Crippen molar-refractivity contribution < 1.29 is 4.42 Å². The van der Waals surface area contributed by atoms with E-state index < -0.39 is 0 Å². The summed E-state index contributed by atoms with van der Waals surface area (Å²) in [5.74, 6) is 0. The third kappa shape index (κ3) is 3.48. The van der Waals surface area contributed by atoms with Gasteiger partial charge in [-0.25, -0.2) is 0 Å². The predicted molar refractivity (Wildman–Crippen MR) is 165 cm³/mol. The number of rotatable bonds is 3. The van der Waals surface area contributed by atoms with Gasteiger partial charge in [-0.2, -0.15) is 0 Å². The molecular weight excluding hydrogens is 472 g/mol. The third-order valence-corrected chi connectivity index (χ3v) is 7.86. The maximum absolute atomic E-state index is 6.10. The van der Waals surface area contributed by atoms with Crippen molar-refractivity contribution in [2.24, 2.45) is 0 Å². The van der Waals surface area contributed by atoms with Gasteiger partial charge in [-0.05, 0) is 79.2 Å². The molecular formula is C38H24O. The van der Waals surface area contributed by atoms with Crippen LogP contribution in [0.15, 0.2) is 150 Å². The Bertz CT molecular complexity index is 2150. The average Bonchev–Trinajstić information content (AvgIpc) is 3.38. The van der Waals surface area contributed by atoms with Crippen LogP contribution >= 0.6 is 0 Å². The molecule has 1 nitrogen and oxygen atoms in total. The van der Waals surface area contributed by atoms with E-state index in [1.807, 2.05) is 12.1 Å². The fraction of sp³-hybridized carbons (Fsp3) is 0. The zero-order valence-corrected chi connectivity index (χ0v) is 21.3. The largest absolute Gasteiger partial charge is 0.456 e. The summed E-state index contributed by atoms with van der Waals surface area (Å²) >= 11 is 0. The molecule has 0 fully saturated rings. The summed E-state index contributed by atoms with van der Waals surface area (Å²) in [6.07, 6.45) is 0. The highest BCUT2D eigenvalue weighted by molar-refractivity contribution is 6.22. The number of benzene rings is 7. The number of fused-ring (bicyclic) bond motifs is 5. The van der Waals surface area contributed by atoms with Crippen molar-refractivity contribution in [1.82, 2.24) is 0 Å². The molecule has 0 amide bonds. The van der Waals surface area contributed by atoms with Crippen molar-refractivity contribution in [3.8, 4) is 33.4 Å². The first-order valence-corrected chi connectivity index (χ1v) is 13.4. The Hall–Kier alpha value is -5.14. The van der Waals surface area contributed by atoms with Crippen LogP contribution in [0.3, 0.4) is 0 Å². The monoisotopic (exact) mass is 496 g/mol. The Morgan fingerprint density at radius 3 is 1.41 bits per heavy atom. The second-order valence-corrected chi connectivity index (χ2v) is 10.1. The Balaban J connectivity index is 1.47. The van der Waals surface area contributed by atoms with Crippen LogP contribution in [0.2, 0.25) is 0 Å². The Kier molecular flexibility index (Phi) is 4.89. The fourth-order valence-corrected chi connectivity index (χ4v) is 6.10. The SMILES string of the molecule is c1ccc(-c2c3ccccc3c(-c3ccccc3)c3cc(-c4ccc5oc6ccccc6c5c4)ccc23)cc1. The minimum atomic E-state index is 0.920.